The van der Waals surface area contributed by atoms with Crippen LogP contribution in [-0.4, -0.2) is 34.5 Å². The standard InChI is InChI=1S/C15H19NO3/c1-10-7-8-16(11(2)9-10)14(17)12-3-5-13(6-4-12)15(18)19/h3-6,10-11H,7-9H2,1-2H3,(H,18,19). The lowest BCUT2D eigenvalue weighted by molar-refractivity contribution is 0.0587. The molecule has 19 heavy (non-hydrogen) atoms. The number of piperidine rings is 1. The number of rotatable bonds is 2. The van der Waals surface area contributed by atoms with Crippen molar-refractivity contribution in [1.29, 1.82) is 0 Å². The van der Waals surface area contributed by atoms with Gasteiger partial charge >= 0.3 is 5.97 Å². The molecule has 0 spiro atoms. The second-order valence-corrected chi connectivity index (χ2v) is 5.36. The van der Waals surface area contributed by atoms with Crippen molar-refractivity contribution in [1.82, 2.24) is 4.90 Å². The number of carbonyl (C=O) groups excluding carboxylic acids is 1. The normalized spacial score (nSPS) is 23.2. The van der Waals surface area contributed by atoms with Gasteiger partial charge in [-0.2, -0.15) is 0 Å². The van der Waals surface area contributed by atoms with Crippen molar-refractivity contribution >= 4 is 11.9 Å². The number of carboxylic acid groups (broad SMARTS) is 1. The lowest BCUT2D eigenvalue weighted by atomic mass is 9.93. The number of carboxylic acids is 1. The largest absolute Gasteiger partial charge is 0.478 e. The van der Waals surface area contributed by atoms with Gasteiger partial charge in [0, 0.05) is 18.2 Å². The third kappa shape index (κ3) is 2.95. The van der Waals surface area contributed by atoms with Crippen molar-refractivity contribution in [3.05, 3.63) is 35.4 Å². The number of carbonyl (C=O) groups is 2. The average Bonchev–Trinajstić information content (AvgIpc) is 2.38. The molecule has 2 rings (SSSR count). The van der Waals surface area contributed by atoms with E-state index < -0.39 is 5.97 Å². The Balaban J connectivity index is 2.13. The first kappa shape index (κ1) is 13.6. The summed E-state index contributed by atoms with van der Waals surface area (Å²) >= 11 is 0. The molecule has 0 aromatic heterocycles. The number of aromatic carboxylic acids is 1. The molecule has 4 heteroatoms. The monoisotopic (exact) mass is 261 g/mol. The first-order chi connectivity index (χ1) is 8.99. The lowest BCUT2D eigenvalue weighted by Crippen LogP contribution is -2.44. The van der Waals surface area contributed by atoms with Crippen LogP contribution in [0.25, 0.3) is 0 Å². The Hall–Kier alpha value is -1.84. The summed E-state index contributed by atoms with van der Waals surface area (Å²) in [6.07, 6.45) is 2.06. The molecule has 1 heterocycles. The summed E-state index contributed by atoms with van der Waals surface area (Å²) in [5, 5.41) is 8.84. The smallest absolute Gasteiger partial charge is 0.335 e. The Morgan fingerprint density at radius 3 is 2.26 bits per heavy atom. The van der Waals surface area contributed by atoms with Gasteiger partial charge in [-0.1, -0.05) is 6.92 Å². The number of nitrogens with zero attached hydrogens (tertiary/aromatic N) is 1. The molecule has 1 aromatic rings. The molecule has 2 atom stereocenters. The van der Waals surface area contributed by atoms with Crippen molar-refractivity contribution in [2.75, 3.05) is 6.54 Å². The van der Waals surface area contributed by atoms with Crippen molar-refractivity contribution < 1.29 is 14.7 Å². The van der Waals surface area contributed by atoms with Gasteiger partial charge in [-0.3, -0.25) is 4.79 Å². The van der Waals surface area contributed by atoms with Gasteiger partial charge in [0.1, 0.15) is 0 Å². The molecule has 1 aliphatic rings. The van der Waals surface area contributed by atoms with Gasteiger partial charge in [-0.25, -0.2) is 4.79 Å². The summed E-state index contributed by atoms with van der Waals surface area (Å²) in [5.41, 5.74) is 0.767. The number of hydrogen-bond donors (Lipinski definition) is 1. The van der Waals surface area contributed by atoms with Crippen LogP contribution in [0, 0.1) is 5.92 Å². The van der Waals surface area contributed by atoms with Crippen LogP contribution in [0.15, 0.2) is 24.3 Å². The van der Waals surface area contributed by atoms with Crippen LogP contribution in [0.3, 0.4) is 0 Å². The van der Waals surface area contributed by atoms with Crippen LogP contribution in [-0.2, 0) is 0 Å². The molecule has 0 aliphatic carbocycles. The quantitative estimate of drug-likeness (QED) is 0.890. The molecular formula is C15H19NO3. The van der Waals surface area contributed by atoms with Crippen LogP contribution in [0.4, 0.5) is 0 Å². The zero-order valence-corrected chi connectivity index (χ0v) is 11.3. The third-order valence-electron chi connectivity index (χ3n) is 3.78. The second kappa shape index (κ2) is 5.43. The molecular weight excluding hydrogens is 242 g/mol. The van der Waals surface area contributed by atoms with E-state index in [9.17, 15) is 9.59 Å². The van der Waals surface area contributed by atoms with Crippen LogP contribution in [0.1, 0.15) is 47.4 Å². The Morgan fingerprint density at radius 1 is 1.16 bits per heavy atom. The fourth-order valence-electron chi connectivity index (χ4n) is 2.63. The predicted molar refractivity (Wildman–Crippen MR) is 72.3 cm³/mol. The molecule has 1 N–H and O–H groups in total. The first-order valence-electron chi connectivity index (χ1n) is 6.63. The molecule has 1 aromatic carbocycles. The molecule has 0 radical (unpaired) electrons. The zero-order valence-electron chi connectivity index (χ0n) is 11.3. The third-order valence-corrected chi connectivity index (χ3v) is 3.78. The van der Waals surface area contributed by atoms with E-state index in [1.807, 2.05) is 4.90 Å². The predicted octanol–water partition coefficient (Wildman–Crippen LogP) is 2.65. The maximum atomic E-state index is 12.4. The summed E-state index contributed by atoms with van der Waals surface area (Å²) in [7, 11) is 0. The Labute approximate surface area is 113 Å². The molecule has 1 aliphatic heterocycles. The number of likely N-dealkylation sites (tertiary alicyclic amines) is 1. The molecule has 0 bridgehead atoms. The molecule has 102 valence electrons. The number of hydrogen-bond acceptors (Lipinski definition) is 2. The minimum Gasteiger partial charge on any atom is -0.478 e. The van der Waals surface area contributed by atoms with E-state index in [-0.39, 0.29) is 17.5 Å². The van der Waals surface area contributed by atoms with Crippen molar-refractivity contribution in [3.8, 4) is 0 Å². The van der Waals surface area contributed by atoms with Gasteiger partial charge in [-0.15, -0.1) is 0 Å². The van der Waals surface area contributed by atoms with E-state index in [1.165, 1.54) is 12.1 Å². The van der Waals surface area contributed by atoms with Crippen LogP contribution in [0.2, 0.25) is 0 Å². The summed E-state index contributed by atoms with van der Waals surface area (Å²) in [4.78, 5) is 25.0. The number of benzene rings is 1. The maximum Gasteiger partial charge on any atom is 0.335 e. The van der Waals surface area contributed by atoms with Crippen LogP contribution in [0.5, 0.6) is 0 Å². The fourth-order valence-corrected chi connectivity index (χ4v) is 2.63. The lowest BCUT2D eigenvalue weighted by Gasteiger charge is -2.36. The second-order valence-electron chi connectivity index (χ2n) is 5.36. The Morgan fingerprint density at radius 2 is 1.74 bits per heavy atom. The zero-order chi connectivity index (χ0) is 14.0. The molecule has 0 saturated carbocycles. The topological polar surface area (TPSA) is 57.6 Å². The van der Waals surface area contributed by atoms with E-state index >= 15 is 0 Å². The fraction of sp³-hybridized carbons (Fsp3) is 0.467. The van der Waals surface area contributed by atoms with Gasteiger partial charge < -0.3 is 10.0 Å². The molecule has 1 amide bonds. The van der Waals surface area contributed by atoms with E-state index in [1.54, 1.807) is 12.1 Å². The Bertz CT molecular complexity index is 481. The van der Waals surface area contributed by atoms with E-state index in [2.05, 4.69) is 13.8 Å². The molecule has 2 unspecified atom stereocenters. The van der Waals surface area contributed by atoms with Crippen LogP contribution >= 0.6 is 0 Å². The van der Waals surface area contributed by atoms with Gasteiger partial charge in [0.15, 0.2) is 0 Å². The highest BCUT2D eigenvalue weighted by atomic mass is 16.4. The SMILES string of the molecule is CC1CCN(C(=O)c2ccc(C(=O)O)cc2)C(C)C1. The average molecular weight is 261 g/mol. The minimum absolute atomic E-state index is 0.00339. The minimum atomic E-state index is -0.973. The van der Waals surface area contributed by atoms with Gasteiger partial charge in [0.2, 0.25) is 0 Å². The highest BCUT2D eigenvalue weighted by Crippen LogP contribution is 2.23. The summed E-state index contributed by atoms with van der Waals surface area (Å²) in [6.45, 7) is 5.06. The molecule has 4 nitrogen and oxygen atoms in total. The first-order valence-corrected chi connectivity index (χ1v) is 6.63. The molecule has 1 fully saturated rings. The van der Waals surface area contributed by atoms with Crippen molar-refractivity contribution in [2.24, 2.45) is 5.92 Å². The molecule has 1 saturated heterocycles. The number of amides is 1. The summed E-state index contributed by atoms with van der Waals surface area (Å²) < 4.78 is 0. The Kier molecular flexibility index (Phi) is 3.88. The van der Waals surface area contributed by atoms with Gasteiger partial charge in [0.05, 0.1) is 5.56 Å². The van der Waals surface area contributed by atoms with Gasteiger partial charge in [0.25, 0.3) is 5.91 Å². The van der Waals surface area contributed by atoms with Gasteiger partial charge in [-0.05, 0) is 49.9 Å². The van der Waals surface area contributed by atoms with E-state index in [0.717, 1.165) is 19.4 Å². The maximum absolute atomic E-state index is 12.4. The summed E-state index contributed by atoms with van der Waals surface area (Å²) in [6, 6.07) is 6.39. The van der Waals surface area contributed by atoms with Crippen LogP contribution < -0.4 is 0 Å². The van der Waals surface area contributed by atoms with Crippen molar-refractivity contribution in [3.63, 3.8) is 0 Å². The van der Waals surface area contributed by atoms with Crippen molar-refractivity contribution in [2.45, 2.75) is 32.7 Å². The highest BCUT2D eigenvalue weighted by Gasteiger charge is 2.27. The summed E-state index contributed by atoms with van der Waals surface area (Å²) in [5.74, 6) is -0.316. The van der Waals surface area contributed by atoms with E-state index in [0.29, 0.717) is 11.5 Å². The highest BCUT2D eigenvalue weighted by molar-refractivity contribution is 5.96. The van der Waals surface area contributed by atoms with E-state index in [4.69, 9.17) is 5.11 Å².